The Hall–Kier alpha value is -1.59. The Balaban J connectivity index is 1.54. The Morgan fingerprint density at radius 2 is 1.82 bits per heavy atom. The van der Waals surface area contributed by atoms with E-state index in [-0.39, 0.29) is 18.1 Å². The van der Waals surface area contributed by atoms with E-state index in [2.05, 4.69) is 35.0 Å². The van der Waals surface area contributed by atoms with Gasteiger partial charge in [-0.05, 0) is 50.4 Å². The summed E-state index contributed by atoms with van der Waals surface area (Å²) in [7, 11) is 0. The maximum Gasteiger partial charge on any atom is 0.258 e. The van der Waals surface area contributed by atoms with Gasteiger partial charge in [-0.1, -0.05) is 38.3 Å². The average Bonchev–Trinajstić information content (AvgIpc) is 2.74. The topological polar surface area (TPSA) is 44.8 Å². The van der Waals surface area contributed by atoms with E-state index in [4.69, 9.17) is 4.74 Å². The SMILES string of the molecule is CCN1CCN(C2(CNC(=O)COc3cccc(C)c3C)CCCCC2)CC1. The van der Waals surface area contributed by atoms with E-state index in [1.54, 1.807) is 0 Å². The van der Waals surface area contributed by atoms with Gasteiger partial charge in [0.2, 0.25) is 0 Å². The number of benzene rings is 1. The molecule has 0 aromatic heterocycles. The number of piperazine rings is 1. The van der Waals surface area contributed by atoms with Crippen molar-refractivity contribution in [2.45, 2.75) is 58.4 Å². The van der Waals surface area contributed by atoms with Crippen molar-refractivity contribution in [3.63, 3.8) is 0 Å². The number of rotatable bonds is 7. The van der Waals surface area contributed by atoms with Crippen LogP contribution in [0.3, 0.4) is 0 Å². The molecule has 0 bridgehead atoms. The molecule has 1 saturated heterocycles. The van der Waals surface area contributed by atoms with Gasteiger partial charge < -0.3 is 15.0 Å². The van der Waals surface area contributed by atoms with E-state index in [0.717, 1.165) is 50.6 Å². The van der Waals surface area contributed by atoms with Crippen molar-refractivity contribution in [3.05, 3.63) is 29.3 Å². The molecule has 3 rings (SSSR count). The predicted octanol–water partition coefficient (Wildman–Crippen LogP) is 3.14. The van der Waals surface area contributed by atoms with E-state index in [1.165, 1.54) is 37.7 Å². The van der Waals surface area contributed by atoms with Crippen molar-refractivity contribution in [2.75, 3.05) is 45.9 Å². The first-order valence-electron chi connectivity index (χ1n) is 11.0. The average molecular weight is 388 g/mol. The van der Waals surface area contributed by atoms with E-state index < -0.39 is 0 Å². The van der Waals surface area contributed by atoms with Gasteiger partial charge in [-0.25, -0.2) is 0 Å². The van der Waals surface area contributed by atoms with Crippen molar-refractivity contribution in [1.29, 1.82) is 0 Å². The number of hydrogen-bond acceptors (Lipinski definition) is 4. The number of likely N-dealkylation sites (N-methyl/N-ethyl adjacent to an activating group) is 1. The van der Waals surface area contributed by atoms with Crippen LogP contribution in [-0.2, 0) is 4.79 Å². The van der Waals surface area contributed by atoms with Crippen LogP contribution in [-0.4, -0.2) is 67.1 Å². The third kappa shape index (κ3) is 5.06. The van der Waals surface area contributed by atoms with Gasteiger partial charge in [-0.2, -0.15) is 0 Å². The number of aryl methyl sites for hydroxylation is 1. The fourth-order valence-corrected chi connectivity index (χ4v) is 4.69. The summed E-state index contributed by atoms with van der Waals surface area (Å²) in [5.74, 6) is 0.788. The van der Waals surface area contributed by atoms with Crippen molar-refractivity contribution < 1.29 is 9.53 Å². The Morgan fingerprint density at radius 3 is 2.50 bits per heavy atom. The van der Waals surface area contributed by atoms with Gasteiger partial charge in [0.05, 0.1) is 0 Å². The third-order valence-corrected chi connectivity index (χ3v) is 6.80. The van der Waals surface area contributed by atoms with Gasteiger partial charge in [-0.15, -0.1) is 0 Å². The lowest BCUT2D eigenvalue weighted by atomic mass is 9.79. The van der Waals surface area contributed by atoms with E-state index in [0.29, 0.717) is 0 Å². The molecule has 0 atom stereocenters. The van der Waals surface area contributed by atoms with Crippen LogP contribution in [0.5, 0.6) is 5.75 Å². The van der Waals surface area contributed by atoms with Crippen LogP contribution in [0.15, 0.2) is 18.2 Å². The number of hydrogen-bond donors (Lipinski definition) is 1. The van der Waals surface area contributed by atoms with Crippen LogP contribution in [0, 0.1) is 13.8 Å². The first kappa shape index (κ1) is 21.1. The molecule has 5 nitrogen and oxygen atoms in total. The fourth-order valence-electron chi connectivity index (χ4n) is 4.69. The molecule has 5 heteroatoms. The summed E-state index contributed by atoms with van der Waals surface area (Å²) in [5.41, 5.74) is 2.42. The normalized spacial score (nSPS) is 20.7. The molecule has 2 fully saturated rings. The Labute approximate surface area is 170 Å². The van der Waals surface area contributed by atoms with Crippen LogP contribution < -0.4 is 10.1 Å². The largest absolute Gasteiger partial charge is 0.483 e. The fraction of sp³-hybridized carbons (Fsp3) is 0.696. The molecule has 1 N–H and O–H groups in total. The number of carbonyl (C=O) groups excluding carboxylic acids is 1. The van der Waals surface area contributed by atoms with Crippen molar-refractivity contribution in [3.8, 4) is 5.75 Å². The maximum atomic E-state index is 12.5. The number of amides is 1. The van der Waals surface area contributed by atoms with Crippen LogP contribution in [0.1, 0.15) is 50.2 Å². The monoisotopic (exact) mass is 387 g/mol. The van der Waals surface area contributed by atoms with E-state index >= 15 is 0 Å². The molecule has 0 radical (unpaired) electrons. The summed E-state index contributed by atoms with van der Waals surface area (Å²) in [6, 6.07) is 5.97. The zero-order valence-corrected chi connectivity index (χ0v) is 17.9. The summed E-state index contributed by atoms with van der Waals surface area (Å²) in [6.45, 7) is 12.8. The van der Waals surface area contributed by atoms with Crippen LogP contribution in [0.2, 0.25) is 0 Å². The molecular formula is C23H37N3O2. The second-order valence-electron chi connectivity index (χ2n) is 8.47. The molecule has 1 amide bonds. The molecule has 1 aromatic rings. The summed E-state index contributed by atoms with van der Waals surface area (Å²) >= 11 is 0. The number of carbonyl (C=O) groups is 1. The zero-order chi connectivity index (χ0) is 20.0. The van der Waals surface area contributed by atoms with Crippen molar-refractivity contribution >= 4 is 5.91 Å². The smallest absolute Gasteiger partial charge is 0.258 e. The predicted molar refractivity (Wildman–Crippen MR) is 114 cm³/mol. The zero-order valence-electron chi connectivity index (χ0n) is 17.9. The molecule has 1 aromatic carbocycles. The molecule has 1 aliphatic carbocycles. The standard InChI is InChI=1S/C23H37N3O2/c1-4-25-13-15-26(16-14-25)23(11-6-5-7-12-23)18-24-22(27)17-28-21-10-8-9-19(2)20(21)3/h8-10H,4-7,11-18H2,1-3H3,(H,24,27). The highest BCUT2D eigenvalue weighted by Gasteiger charge is 2.39. The number of nitrogens with zero attached hydrogens (tertiary/aromatic N) is 2. The van der Waals surface area contributed by atoms with Crippen molar-refractivity contribution in [1.82, 2.24) is 15.1 Å². The van der Waals surface area contributed by atoms with Gasteiger partial charge in [0.15, 0.2) is 6.61 Å². The van der Waals surface area contributed by atoms with E-state index in [9.17, 15) is 4.79 Å². The highest BCUT2D eigenvalue weighted by molar-refractivity contribution is 5.77. The van der Waals surface area contributed by atoms with Gasteiger partial charge in [0, 0.05) is 38.3 Å². The molecule has 2 aliphatic rings. The second kappa shape index (κ2) is 9.75. The van der Waals surface area contributed by atoms with Gasteiger partial charge >= 0.3 is 0 Å². The quantitative estimate of drug-likeness (QED) is 0.781. The molecular weight excluding hydrogens is 350 g/mol. The molecule has 1 aliphatic heterocycles. The van der Waals surface area contributed by atoms with Crippen LogP contribution >= 0.6 is 0 Å². The first-order valence-corrected chi connectivity index (χ1v) is 11.0. The lowest BCUT2D eigenvalue weighted by Gasteiger charge is -2.50. The maximum absolute atomic E-state index is 12.5. The summed E-state index contributed by atoms with van der Waals surface area (Å²) in [4.78, 5) is 17.7. The third-order valence-electron chi connectivity index (χ3n) is 6.80. The summed E-state index contributed by atoms with van der Waals surface area (Å²) in [6.07, 6.45) is 6.24. The minimum atomic E-state index is -0.0157. The van der Waals surface area contributed by atoms with E-state index in [1.807, 2.05) is 19.1 Å². The minimum Gasteiger partial charge on any atom is -0.483 e. The summed E-state index contributed by atoms with van der Waals surface area (Å²) < 4.78 is 5.79. The Bertz CT molecular complexity index is 647. The first-order chi connectivity index (χ1) is 13.5. The van der Waals surface area contributed by atoms with Gasteiger partial charge in [0.25, 0.3) is 5.91 Å². The Morgan fingerprint density at radius 1 is 1.11 bits per heavy atom. The lowest BCUT2D eigenvalue weighted by molar-refractivity contribution is -0.124. The van der Waals surface area contributed by atoms with Crippen LogP contribution in [0.4, 0.5) is 0 Å². The van der Waals surface area contributed by atoms with Crippen LogP contribution in [0.25, 0.3) is 0 Å². The molecule has 1 saturated carbocycles. The molecule has 0 spiro atoms. The molecule has 28 heavy (non-hydrogen) atoms. The number of ether oxygens (including phenoxy) is 1. The summed E-state index contributed by atoms with van der Waals surface area (Å²) in [5, 5.41) is 3.20. The Kier molecular flexibility index (Phi) is 7.36. The van der Waals surface area contributed by atoms with Gasteiger partial charge in [0.1, 0.15) is 5.75 Å². The highest BCUT2D eigenvalue weighted by atomic mass is 16.5. The van der Waals surface area contributed by atoms with Crippen molar-refractivity contribution in [2.24, 2.45) is 0 Å². The molecule has 1 heterocycles. The van der Waals surface area contributed by atoms with Gasteiger partial charge in [-0.3, -0.25) is 9.69 Å². The lowest BCUT2D eigenvalue weighted by Crippen LogP contribution is -2.62. The minimum absolute atomic E-state index is 0.0157. The second-order valence-corrected chi connectivity index (χ2v) is 8.47. The highest BCUT2D eigenvalue weighted by Crippen LogP contribution is 2.34. The molecule has 0 unspecified atom stereocenters. The number of nitrogens with one attached hydrogen (secondary N) is 1. The molecule has 156 valence electrons.